The molecule has 0 aromatic carbocycles. The number of aromatic nitrogens is 2. The quantitative estimate of drug-likeness (QED) is 0.867. The van der Waals surface area contributed by atoms with Crippen LogP contribution in [-0.4, -0.2) is 17.1 Å². The van der Waals surface area contributed by atoms with Gasteiger partial charge in [0, 0.05) is 31.5 Å². The second kappa shape index (κ2) is 5.10. The Labute approximate surface area is 103 Å². The molecular weight excluding hydrogens is 214 g/mol. The first-order valence-corrected chi connectivity index (χ1v) is 6.29. The Kier molecular flexibility index (Phi) is 3.74. The van der Waals surface area contributed by atoms with Crippen molar-refractivity contribution in [2.45, 2.75) is 46.4 Å². The average molecular weight is 235 g/mol. The first-order valence-electron chi connectivity index (χ1n) is 6.29. The van der Waals surface area contributed by atoms with E-state index in [1.165, 1.54) is 5.56 Å². The minimum absolute atomic E-state index is 0.00815. The summed E-state index contributed by atoms with van der Waals surface area (Å²) in [6.45, 7) is 8.16. The van der Waals surface area contributed by atoms with Gasteiger partial charge >= 0.3 is 0 Å². The molecule has 1 N–H and O–H groups in total. The third-order valence-electron chi connectivity index (χ3n) is 3.24. The van der Waals surface area contributed by atoms with E-state index in [1.54, 1.807) is 7.11 Å². The molecule has 0 aliphatic carbocycles. The third kappa shape index (κ3) is 2.33. The van der Waals surface area contributed by atoms with E-state index in [1.807, 2.05) is 0 Å². The van der Waals surface area contributed by atoms with Crippen LogP contribution in [0.15, 0.2) is 0 Å². The van der Waals surface area contributed by atoms with Crippen LogP contribution in [0.5, 0.6) is 0 Å². The summed E-state index contributed by atoms with van der Waals surface area (Å²) in [5.41, 5.74) is 3.60. The van der Waals surface area contributed by atoms with Crippen LogP contribution in [-0.2, 0) is 24.2 Å². The highest BCUT2D eigenvalue weighted by atomic mass is 16.5. The van der Waals surface area contributed by atoms with Crippen LogP contribution in [0.25, 0.3) is 0 Å². The monoisotopic (exact) mass is 235 g/mol. The van der Waals surface area contributed by atoms with E-state index in [-0.39, 0.29) is 6.10 Å². The second-order valence-corrected chi connectivity index (χ2v) is 4.81. The van der Waals surface area contributed by atoms with Gasteiger partial charge in [-0.2, -0.15) is 0 Å². The van der Waals surface area contributed by atoms with Gasteiger partial charge in [0.25, 0.3) is 0 Å². The molecule has 0 spiro atoms. The molecule has 0 radical (unpaired) electrons. The number of methoxy groups -OCH3 is 1. The van der Waals surface area contributed by atoms with E-state index in [9.17, 15) is 0 Å². The number of ether oxygens (including phenoxy) is 1. The Morgan fingerprint density at radius 1 is 1.29 bits per heavy atom. The summed E-state index contributed by atoms with van der Waals surface area (Å²) >= 11 is 0. The Hall–Kier alpha value is -1.00. The van der Waals surface area contributed by atoms with Gasteiger partial charge in [0.1, 0.15) is 6.10 Å². The lowest BCUT2D eigenvalue weighted by molar-refractivity contribution is 0.0571. The average Bonchev–Trinajstić information content (AvgIpc) is 2.76. The molecule has 0 bridgehead atoms. The topological polar surface area (TPSA) is 47.0 Å². The zero-order valence-electron chi connectivity index (χ0n) is 11.1. The lowest BCUT2D eigenvalue weighted by Crippen LogP contribution is -2.15. The molecule has 0 amide bonds. The van der Waals surface area contributed by atoms with Gasteiger partial charge in [0.15, 0.2) is 5.82 Å². The van der Waals surface area contributed by atoms with Crippen molar-refractivity contribution in [1.29, 1.82) is 0 Å². The molecule has 2 heterocycles. The van der Waals surface area contributed by atoms with E-state index in [0.717, 1.165) is 36.7 Å². The highest BCUT2D eigenvalue weighted by Gasteiger charge is 2.23. The second-order valence-electron chi connectivity index (χ2n) is 4.81. The number of hydrogen-bond donors (Lipinski definition) is 1. The molecule has 1 aliphatic rings. The van der Waals surface area contributed by atoms with Gasteiger partial charge in [-0.05, 0) is 12.3 Å². The fourth-order valence-electron chi connectivity index (χ4n) is 2.35. The van der Waals surface area contributed by atoms with Gasteiger partial charge < -0.3 is 10.1 Å². The number of nitrogens with one attached hydrogen (secondary N) is 1. The van der Waals surface area contributed by atoms with Crippen molar-refractivity contribution in [1.82, 2.24) is 15.3 Å². The number of hydrogen-bond acceptors (Lipinski definition) is 4. The van der Waals surface area contributed by atoms with Crippen LogP contribution >= 0.6 is 0 Å². The maximum Gasteiger partial charge on any atom is 0.157 e. The zero-order chi connectivity index (χ0) is 12.4. The first kappa shape index (κ1) is 12.5. The van der Waals surface area contributed by atoms with Gasteiger partial charge in [-0.3, -0.25) is 0 Å². The number of rotatable bonds is 4. The molecule has 0 saturated heterocycles. The third-order valence-corrected chi connectivity index (χ3v) is 3.24. The van der Waals surface area contributed by atoms with E-state index < -0.39 is 0 Å². The lowest BCUT2D eigenvalue weighted by atomic mass is 10.1. The minimum Gasteiger partial charge on any atom is -0.373 e. The predicted octanol–water partition coefficient (Wildman–Crippen LogP) is 1.99. The molecular formula is C13H21N3O. The molecule has 1 unspecified atom stereocenters. The highest BCUT2D eigenvalue weighted by molar-refractivity contribution is 5.29. The van der Waals surface area contributed by atoms with Crippen LogP contribution in [0.2, 0.25) is 0 Å². The van der Waals surface area contributed by atoms with Crippen LogP contribution < -0.4 is 5.32 Å². The van der Waals surface area contributed by atoms with Crippen LogP contribution in [0, 0.1) is 5.92 Å². The summed E-state index contributed by atoms with van der Waals surface area (Å²) in [5.74, 6) is 1.22. The first-order chi connectivity index (χ1) is 8.17. The van der Waals surface area contributed by atoms with Crippen molar-refractivity contribution < 1.29 is 4.74 Å². The molecule has 2 rings (SSSR count). The Morgan fingerprint density at radius 3 is 2.65 bits per heavy atom. The molecule has 17 heavy (non-hydrogen) atoms. The Bertz CT molecular complexity index is 404. The molecule has 1 atom stereocenters. The van der Waals surface area contributed by atoms with Gasteiger partial charge in [0.2, 0.25) is 0 Å². The van der Waals surface area contributed by atoms with Crippen molar-refractivity contribution in [3.63, 3.8) is 0 Å². The largest absolute Gasteiger partial charge is 0.373 e. The normalized spacial score (nSPS) is 16.3. The van der Waals surface area contributed by atoms with Gasteiger partial charge in [-0.15, -0.1) is 0 Å². The van der Waals surface area contributed by atoms with Crippen molar-refractivity contribution in [2.24, 2.45) is 5.92 Å². The molecule has 4 heteroatoms. The Morgan fingerprint density at radius 2 is 2.06 bits per heavy atom. The zero-order valence-corrected chi connectivity index (χ0v) is 11.1. The molecule has 0 saturated carbocycles. The fraction of sp³-hybridized carbons (Fsp3) is 0.692. The minimum atomic E-state index is -0.00815. The van der Waals surface area contributed by atoms with E-state index in [2.05, 4.69) is 36.1 Å². The van der Waals surface area contributed by atoms with Crippen molar-refractivity contribution >= 4 is 0 Å². The molecule has 0 fully saturated rings. The predicted molar refractivity (Wildman–Crippen MR) is 66.5 cm³/mol. The summed E-state index contributed by atoms with van der Waals surface area (Å²) in [5, 5.41) is 3.33. The van der Waals surface area contributed by atoms with Crippen LogP contribution in [0.1, 0.15) is 49.7 Å². The molecule has 1 aromatic rings. The maximum atomic E-state index is 5.51. The molecule has 1 aliphatic heterocycles. The molecule has 94 valence electrons. The fourth-order valence-corrected chi connectivity index (χ4v) is 2.35. The smallest absolute Gasteiger partial charge is 0.157 e. The number of fused-ring (bicyclic) bond motifs is 1. The van der Waals surface area contributed by atoms with Gasteiger partial charge in [-0.25, -0.2) is 9.97 Å². The van der Waals surface area contributed by atoms with Crippen molar-refractivity contribution in [3.05, 3.63) is 22.8 Å². The highest BCUT2D eigenvalue weighted by Crippen LogP contribution is 2.25. The van der Waals surface area contributed by atoms with E-state index in [0.29, 0.717) is 5.92 Å². The van der Waals surface area contributed by atoms with Crippen molar-refractivity contribution in [2.75, 3.05) is 7.11 Å². The van der Waals surface area contributed by atoms with Crippen LogP contribution in [0.4, 0.5) is 0 Å². The van der Waals surface area contributed by atoms with Crippen LogP contribution in [0.3, 0.4) is 0 Å². The SMILES string of the molecule is CCc1nc(C(OC)C(C)C)nc2c1CNC2. The lowest BCUT2D eigenvalue weighted by Gasteiger charge is -2.19. The number of aryl methyl sites for hydroxylation is 1. The summed E-state index contributed by atoms with van der Waals surface area (Å²) < 4.78 is 5.51. The van der Waals surface area contributed by atoms with Gasteiger partial charge in [0.05, 0.1) is 5.69 Å². The summed E-state index contributed by atoms with van der Waals surface area (Å²) in [6, 6.07) is 0. The molecule has 4 nitrogen and oxygen atoms in total. The van der Waals surface area contributed by atoms with E-state index in [4.69, 9.17) is 4.74 Å². The summed E-state index contributed by atoms with van der Waals surface area (Å²) in [4.78, 5) is 9.33. The standard InChI is InChI=1S/C13H21N3O/c1-5-10-9-6-14-7-11(9)16-13(15-10)12(17-4)8(2)3/h8,12,14H,5-7H2,1-4H3. The Balaban J connectivity index is 2.42. The van der Waals surface area contributed by atoms with E-state index >= 15 is 0 Å². The molecule has 1 aromatic heterocycles. The summed E-state index contributed by atoms with van der Waals surface area (Å²) in [7, 11) is 1.73. The number of nitrogens with zero attached hydrogens (tertiary/aromatic N) is 2. The maximum absolute atomic E-state index is 5.51. The summed E-state index contributed by atoms with van der Waals surface area (Å²) in [6.07, 6.45) is 0.944. The van der Waals surface area contributed by atoms with Gasteiger partial charge in [-0.1, -0.05) is 20.8 Å². The van der Waals surface area contributed by atoms with Crippen molar-refractivity contribution in [3.8, 4) is 0 Å².